The number of likely N-dealkylation sites (N-methyl/N-ethyl adjacent to an activating group) is 1. The van der Waals surface area contributed by atoms with E-state index in [0.29, 0.717) is 6.54 Å². The summed E-state index contributed by atoms with van der Waals surface area (Å²) < 4.78 is 28.1. The Kier molecular flexibility index (Phi) is 5.56. The summed E-state index contributed by atoms with van der Waals surface area (Å²) in [5, 5.41) is 4.04. The van der Waals surface area contributed by atoms with Crippen LogP contribution in [0, 0.1) is 0 Å². The third kappa shape index (κ3) is 4.37. The summed E-state index contributed by atoms with van der Waals surface area (Å²) in [6, 6.07) is 8.64. The van der Waals surface area contributed by atoms with Crippen LogP contribution in [0.3, 0.4) is 0 Å². The Morgan fingerprint density at radius 1 is 1.24 bits per heavy atom. The Morgan fingerprint density at radius 2 is 1.90 bits per heavy atom. The van der Waals surface area contributed by atoms with Crippen LogP contribution in [0.4, 0.5) is 0 Å². The molecule has 4 nitrogen and oxygen atoms in total. The number of rotatable bonds is 6. The molecule has 1 aromatic heterocycles. The Morgan fingerprint density at radius 3 is 2.43 bits per heavy atom. The van der Waals surface area contributed by atoms with E-state index in [1.165, 1.54) is 0 Å². The third-order valence-corrected chi connectivity index (χ3v) is 5.81. The molecule has 0 fully saturated rings. The number of hydrogen-bond donors (Lipinski definition) is 1. The first kappa shape index (κ1) is 16.6. The number of sulfonamides is 1. The Labute approximate surface area is 138 Å². The minimum Gasteiger partial charge on any atom is -0.301 e. The summed E-state index contributed by atoms with van der Waals surface area (Å²) >= 11 is 4.91. The van der Waals surface area contributed by atoms with Crippen LogP contribution in [0.15, 0.2) is 50.5 Å². The molecule has 1 N–H and O–H groups in total. The second kappa shape index (κ2) is 7.02. The van der Waals surface area contributed by atoms with Crippen LogP contribution >= 0.6 is 27.3 Å². The van der Waals surface area contributed by atoms with Gasteiger partial charge in [-0.1, -0.05) is 15.9 Å². The quantitative estimate of drug-likeness (QED) is 0.826. The molecule has 0 saturated heterocycles. The summed E-state index contributed by atoms with van der Waals surface area (Å²) in [6.07, 6.45) is 0. The molecular weight excluding hydrogens is 372 g/mol. The maximum atomic E-state index is 12.3. The van der Waals surface area contributed by atoms with Gasteiger partial charge in [0.05, 0.1) is 4.90 Å². The number of hydrogen-bond acceptors (Lipinski definition) is 4. The molecule has 1 aromatic carbocycles. The summed E-state index contributed by atoms with van der Waals surface area (Å²) in [6.45, 7) is 0.335. The van der Waals surface area contributed by atoms with E-state index in [0.717, 1.165) is 10.0 Å². The van der Waals surface area contributed by atoms with Crippen molar-refractivity contribution in [2.45, 2.75) is 10.9 Å². The molecule has 0 radical (unpaired) electrons. The lowest BCUT2D eigenvalue weighted by Crippen LogP contribution is -2.34. The maximum absolute atomic E-state index is 12.3. The SMILES string of the molecule is CN(C)C(CNS(=O)(=O)c1ccc(Br)cc1)c1ccsc1. The first-order chi connectivity index (χ1) is 9.90. The maximum Gasteiger partial charge on any atom is 0.240 e. The van der Waals surface area contributed by atoms with Crippen LogP contribution in [-0.2, 0) is 10.0 Å². The number of nitrogens with zero attached hydrogens (tertiary/aromatic N) is 1. The van der Waals surface area contributed by atoms with E-state index >= 15 is 0 Å². The van der Waals surface area contributed by atoms with Crippen molar-refractivity contribution in [2.24, 2.45) is 0 Å². The van der Waals surface area contributed by atoms with Crippen LogP contribution in [0.2, 0.25) is 0 Å². The highest BCUT2D eigenvalue weighted by Crippen LogP contribution is 2.21. The van der Waals surface area contributed by atoms with Gasteiger partial charge in [-0.25, -0.2) is 13.1 Å². The van der Waals surface area contributed by atoms with Crippen molar-refractivity contribution in [3.63, 3.8) is 0 Å². The molecule has 0 spiro atoms. The minimum atomic E-state index is -3.49. The number of benzene rings is 1. The van der Waals surface area contributed by atoms with Gasteiger partial charge in [0.2, 0.25) is 10.0 Å². The highest BCUT2D eigenvalue weighted by Gasteiger charge is 2.19. The van der Waals surface area contributed by atoms with Crippen molar-refractivity contribution in [1.29, 1.82) is 0 Å². The lowest BCUT2D eigenvalue weighted by atomic mass is 10.1. The van der Waals surface area contributed by atoms with Gasteiger partial charge < -0.3 is 4.90 Å². The zero-order valence-corrected chi connectivity index (χ0v) is 15.0. The van der Waals surface area contributed by atoms with Crippen molar-refractivity contribution >= 4 is 37.3 Å². The van der Waals surface area contributed by atoms with E-state index in [9.17, 15) is 8.42 Å². The van der Waals surface area contributed by atoms with Crippen molar-refractivity contribution in [1.82, 2.24) is 9.62 Å². The Balaban J connectivity index is 2.11. The van der Waals surface area contributed by atoms with Crippen molar-refractivity contribution in [2.75, 3.05) is 20.6 Å². The monoisotopic (exact) mass is 388 g/mol. The number of nitrogens with one attached hydrogen (secondary N) is 1. The summed E-state index contributed by atoms with van der Waals surface area (Å²) in [4.78, 5) is 2.28. The highest BCUT2D eigenvalue weighted by atomic mass is 79.9. The van der Waals surface area contributed by atoms with Crippen LogP contribution in [0.1, 0.15) is 11.6 Å². The van der Waals surface area contributed by atoms with Gasteiger partial charge in [-0.3, -0.25) is 0 Å². The Bertz CT molecular complexity index is 668. The third-order valence-electron chi connectivity index (χ3n) is 3.14. The molecule has 1 atom stereocenters. The van der Waals surface area contributed by atoms with Gasteiger partial charge in [0.15, 0.2) is 0 Å². The van der Waals surface area contributed by atoms with E-state index in [1.54, 1.807) is 35.6 Å². The molecule has 0 aliphatic carbocycles. The van der Waals surface area contributed by atoms with E-state index in [2.05, 4.69) is 20.7 Å². The second-order valence-corrected chi connectivity index (χ2v) is 8.30. The minimum absolute atomic E-state index is 0.0153. The molecule has 21 heavy (non-hydrogen) atoms. The molecule has 2 aromatic rings. The molecule has 0 bridgehead atoms. The average Bonchev–Trinajstić information content (AvgIpc) is 2.93. The zero-order chi connectivity index (χ0) is 15.5. The predicted molar refractivity (Wildman–Crippen MR) is 90.1 cm³/mol. The summed E-state index contributed by atoms with van der Waals surface area (Å²) in [5.74, 6) is 0. The first-order valence-electron chi connectivity index (χ1n) is 6.34. The van der Waals surface area contributed by atoms with Crippen molar-refractivity contribution in [3.8, 4) is 0 Å². The van der Waals surface area contributed by atoms with Gasteiger partial charge in [-0.2, -0.15) is 11.3 Å². The number of halogens is 1. The molecule has 0 aliphatic rings. The van der Waals surface area contributed by atoms with E-state index in [4.69, 9.17) is 0 Å². The van der Waals surface area contributed by atoms with Crippen LogP contribution in [0.5, 0.6) is 0 Å². The van der Waals surface area contributed by atoms with Gasteiger partial charge in [-0.05, 0) is 60.8 Å². The molecule has 1 unspecified atom stereocenters. The molecule has 0 aliphatic heterocycles. The number of thiophene rings is 1. The van der Waals surface area contributed by atoms with Crippen LogP contribution in [-0.4, -0.2) is 34.0 Å². The van der Waals surface area contributed by atoms with Gasteiger partial charge in [0.1, 0.15) is 0 Å². The lowest BCUT2D eigenvalue weighted by molar-refractivity contribution is 0.300. The second-order valence-electron chi connectivity index (χ2n) is 4.84. The van der Waals surface area contributed by atoms with Gasteiger partial charge in [0.25, 0.3) is 0 Å². The van der Waals surface area contributed by atoms with Gasteiger partial charge >= 0.3 is 0 Å². The molecule has 0 saturated carbocycles. The van der Waals surface area contributed by atoms with Crippen molar-refractivity contribution in [3.05, 3.63) is 51.1 Å². The first-order valence-corrected chi connectivity index (χ1v) is 9.56. The fourth-order valence-electron chi connectivity index (χ4n) is 1.95. The normalized spacial score (nSPS) is 13.5. The Hall–Kier alpha value is -0.730. The predicted octanol–water partition coefficient (Wildman–Crippen LogP) is 3.09. The standard InChI is InChI=1S/C14H17BrN2O2S2/c1-17(2)14(11-7-8-20-10-11)9-16-21(18,19)13-5-3-12(15)4-6-13/h3-8,10,14,16H,9H2,1-2H3. The zero-order valence-electron chi connectivity index (χ0n) is 11.8. The van der Waals surface area contributed by atoms with Gasteiger partial charge in [-0.15, -0.1) is 0 Å². The van der Waals surface area contributed by atoms with E-state index in [-0.39, 0.29) is 10.9 Å². The summed E-state index contributed by atoms with van der Waals surface area (Å²) in [5.41, 5.74) is 1.11. The van der Waals surface area contributed by atoms with Crippen LogP contribution < -0.4 is 4.72 Å². The lowest BCUT2D eigenvalue weighted by Gasteiger charge is -2.24. The molecule has 2 rings (SSSR count). The fraction of sp³-hybridized carbons (Fsp3) is 0.286. The fourth-order valence-corrected chi connectivity index (χ4v) is 3.96. The van der Waals surface area contributed by atoms with Gasteiger partial charge in [0, 0.05) is 17.1 Å². The molecule has 1 heterocycles. The topological polar surface area (TPSA) is 49.4 Å². The van der Waals surface area contributed by atoms with Crippen LogP contribution in [0.25, 0.3) is 0 Å². The average molecular weight is 389 g/mol. The molecule has 114 valence electrons. The highest BCUT2D eigenvalue weighted by molar-refractivity contribution is 9.10. The largest absolute Gasteiger partial charge is 0.301 e. The molecule has 7 heteroatoms. The van der Waals surface area contributed by atoms with E-state index < -0.39 is 10.0 Å². The summed E-state index contributed by atoms with van der Waals surface area (Å²) in [7, 11) is 0.391. The van der Waals surface area contributed by atoms with Crippen molar-refractivity contribution < 1.29 is 8.42 Å². The molecule has 0 amide bonds. The van der Waals surface area contributed by atoms with E-state index in [1.807, 2.05) is 35.8 Å². The molecular formula is C14H17BrN2O2S2. The smallest absolute Gasteiger partial charge is 0.240 e.